The summed E-state index contributed by atoms with van der Waals surface area (Å²) in [4.78, 5) is 11.3. The number of esters is 1. The molecule has 0 aliphatic carbocycles. The third-order valence-electron chi connectivity index (χ3n) is 2.94. The van der Waals surface area contributed by atoms with E-state index in [0.717, 1.165) is 16.9 Å². The summed E-state index contributed by atoms with van der Waals surface area (Å²) in [6.07, 6.45) is 0. The molecule has 0 amide bonds. The molecular formula is C15H17N3O2. The van der Waals surface area contributed by atoms with Crippen molar-refractivity contribution < 1.29 is 9.53 Å². The number of nitrogen functional groups attached to an aromatic ring is 1. The quantitative estimate of drug-likeness (QED) is 0.586. The van der Waals surface area contributed by atoms with Crippen LogP contribution >= 0.6 is 0 Å². The largest absolute Gasteiger partial charge is 0.465 e. The fourth-order valence-corrected chi connectivity index (χ4v) is 1.82. The van der Waals surface area contributed by atoms with Gasteiger partial charge < -0.3 is 21.5 Å². The van der Waals surface area contributed by atoms with Crippen molar-refractivity contribution in [2.24, 2.45) is 5.73 Å². The van der Waals surface area contributed by atoms with E-state index in [2.05, 4.69) is 10.1 Å². The number of carbonyl (C=O) groups is 1. The molecule has 0 radical (unpaired) electrons. The van der Waals surface area contributed by atoms with Crippen molar-refractivity contribution in [1.82, 2.24) is 0 Å². The number of hydrogen-bond acceptors (Lipinski definition) is 5. The van der Waals surface area contributed by atoms with Gasteiger partial charge in [0.25, 0.3) is 0 Å². The van der Waals surface area contributed by atoms with Gasteiger partial charge in [0.05, 0.1) is 24.0 Å². The Morgan fingerprint density at radius 1 is 1.20 bits per heavy atom. The third-order valence-corrected chi connectivity index (χ3v) is 2.94. The van der Waals surface area contributed by atoms with Gasteiger partial charge in [0.1, 0.15) is 0 Å². The molecule has 0 heterocycles. The van der Waals surface area contributed by atoms with Crippen LogP contribution < -0.4 is 16.8 Å². The van der Waals surface area contributed by atoms with Crippen molar-refractivity contribution in [2.45, 2.75) is 6.54 Å². The molecule has 20 heavy (non-hydrogen) atoms. The van der Waals surface area contributed by atoms with Crippen molar-refractivity contribution in [3.8, 4) is 0 Å². The number of rotatable bonds is 4. The first-order valence-electron chi connectivity index (χ1n) is 6.18. The molecule has 0 bridgehead atoms. The fraction of sp³-hybridized carbons (Fsp3) is 0.133. The second-order valence-corrected chi connectivity index (χ2v) is 4.32. The van der Waals surface area contributed by atoms with Gasteiger partial charge in [-0.3, -0.25) is 0 Å². The fourth-order valence-electron chi connectivity index (χ4n) is 1.82. The molecule has 0 saturated carbocycles. The topological polar surface area (TPSA) is 90.4 Å². The van der Waals surface area contributed by atoms with E-state index >= 15 is 0 Å². The first kappa shape index (κ1) is 13.9. The molecule has 5 N–H and O–H groups in total. The third kappa shape index (κ3) is 3.07. The van der Waals surface area contributed by atoms with Crippen molar-refractivity contribution in [2.75, 3.05) is 18.2 Å². The van der Waals surface area contributed by atoms with Crippen LogP contribution in [0, 0.1) is 0 Å². The Morgan fingerprint density at radius 3 is 2.45 bits per heavy atom. The normalized spacial score (nSPS) is 10.1. The van der Waals surface area contributed by atoms with Crippen molar-refractivity contribution in [3.05, 3.63) is 53.6 Å². The van der Waals surface area contributed by atoms with E-state index < -0.39 is 0 Å². The minimum atomic E-state index is -0.358. The molecule has 0 atom stereocenters. The summed E-state index contributed by atoms with van der Waals surface area (Å²) in [6, 6.07) is 12.6. The average Bonchev–Trinajstić information content (AvgIpc) is 2.49. The first-order chi connectivity index (χ1) is 9.63. The highest BCUT2D eigenvalue weighted by atomic mass is 16.5. The monoisotopic (exact) mass is 271 g/mol. The lowest BCUT2D eigenvalue weighted by molar-refractivity contribution is 0.0601. The maximum absolute atomic E-state index is 11.3. The lowest BCUT2D eigenvalue weighted by Crippen LogP contribution is -2.02. The minimum Gasteiger partial charge on any atom is -0.465 e. The number of methoxy groups -OCH3 is 1. The number of benzene rings is 2. The van der Waals surface area contributed by atoms with Crippen molar-refractivity contribution in [3.63, 3.8) is 0 Å². The second-order valence-electron chi connectivity index (χ2n) is 4.32. The molecule has 0 aliphatic heterocycles. The summed E-state index contributed by atoms with van der Waals surface area (Å²) in [7, 11) is 1.36. The zero-order valence-corrected chi connectivity index (χ0v) is 11.2. The molecule has 2 rings (SSSR count). The number of anilines is 3. The van der Waals surface area contributed by atoms with Crippen LogP contribution in [0.1, 0.15) is 15.9 Å². The van der Waals surface area contributed by atoms with E-state index in [0.29, 0.717) is 17.8 Å². The molecule has 104 valence electrons. The van der Waals surface area contributed by atoms with Crippen molar-refractivity contribution >= 4 is 23.0 Å². The van der Waals surface area contributed by atoms with Crippen LogP contribution in [0.3, 0.4) is 0 Å². The van der Waals surface area contributed by atoms with E-state index in [1.165, 1.54) is 7.11 Å². The van der Waals surface area contributed by atoms with Gasteiger partial charge >= 0.3 is 5.97 Å². The molecule has 0 aromatic heterocycles. The predicted octanol–water partition coefficient (Wildman–Crippen LogP) is 2.26. The number of nitrogens with two attached hydrogens (primary N) is 2. The van der Waals surface area contributed by atoms with Gasteiger partial charge in [-0.25, -0.2) is 4.79 Å². The SMILES string of the molecule is COC(=O)c1ccc(Nc2ccc(CN)cc2N)cc1. The average molecular weight is 271 g/mol. The molecule has 2 aromatic carbocycles. The summed E-state index contributed by atoms with van der Waals surface area (Å²) in [5.74, 6) is -0.358. The van der Waals surface area contributed by atoms with Gasteiger partial charge in [-0.1, -0.05) is 6.07 Å². The van der Waals surface area contributed by atoms with Gasteiger partial charge in [0, 0.05) is 12.2 Å². The Morgan fingerprint density at radius 2 is 1.90 bits per heavy atom. The van der Waals surface area contributed by atoms with E-state index in [9.17, 15) is 4.79 Å². The standard InChI is InChI=1S/C15H17N3O2/c1-20-15(19)11-3-5-12(6-4-11)18-14-7-2-10(9-16)8-13(14)17/h2-8,18H,9,16-17H2,1H3. The smallest absolute Gasteiger partial charge is 0.337 e. The first-order valence-corrected chi connectivity index (χ1v) is 6.18. The van der Waals surface area contributed by atoms with Crippen LogP contribution in [-0.4, -0.2) is 13.1 Å². The molecule has 0 saturated heterocycles. The maximum Gasteiger partial charge on any atom is 0.337 e. The van der Waals surface area contributed by atoms with Crippen LogP contribution in [0.5, 0.6) is 0 Å². The van der Waals surface area contributed by atoms with Gasteiger partial charge in [-0.15, -0.1) is 0 Å². The van der Waals surface area contributed by atoms with Gasteiger partial charge in [0.2, 0.25) is 0 Å². The Hall–Kier alpha value is -2.53. The zero-order chi connectivity index (χ0) is 14.5. The molecule has 0 fully saturated rings. The van der Waals surface area contributed by atoms with Crippen LogP contribution in [0.25, 0.3) is 0 Å². The van der Waals surface area contributed by atoms with E-state index in [1.807, 2.05) is 18.2 Å². The minimum absolute atomic E-state index is 0.358. The van der Waals surface area contributed by atoms with E-state index in [4.69, 9.17) is 11.5 Å². The summed E-state index contributed by atoms with van der Waals surface area (Å²) in [5.41, 5.74) is 15.3. The van der Waals surface area contributed by atoms with Crippen molar-refractivity contribution in [1.29, 1.82) is 0 Å². The highest BCUT2D eigenvalue weighted by molar-refractivity contribution is 5.89. The molecule has 0 unspecified atom stereocenters. The van der Waals surface area contributed by atoms with Gasteiger partial charge in [-0.05, 0) is 42.0 Å². The molecule has 2 aromatic rings. The molecule has 5 nitrogen and oxygen atoms in total. The Kier molecular flexibility index (Phi) is 4.22. The van der Waals surface area contributed by atoms with Crippen LogP contribution in [-0.2, 0) is 11.3 Å². The molecular weight excluding hydrogens is 254 g/mol. The molecule has 0 spiro atoms. The Bertz CT molecular complexity index is 609. The van der Waals surface area contributed by atoms with E-state index in [1.54, 1.807) is 24.3 Å². The molecule has 0 aliphatic rings. The Labute approximate surface area is 117 Å². The lowest BCUT2D eigenvalue weighted by atomic mass is 10.1. The van der Waals surface area contributed by atoms with Crippen LogP contribution in [0.4, 0.5) is 17.1 Å². The number of hydrogen-bond donors (Lipinski definition) is 3. The summed E-state index contributed by atoms with van der Waals surface area (Å²) in [5, 5.41) is 3.19. The number of carbonyl (C=O) groups excluding carboxylic acids is 1. The Balaban J connectivity index is 2.16. The predicted molar refractivity (Wildman–Crippen MR) is 79.8 cm³/mol. The van der Waals surface area contributed by atoms with Crippen LogP contribution in [0.15, 0.2) is 42.5 Å². The highest BCUT2D eigenvalue weighted by Gasteiger charge is 2.05. The van der Waals surface area contributed by atoms with E-state index in [-0.39, 0.29) is 5.97 Å². The summed E-state index contributed by atoms with van der Waals surface area (Å²) in [6.45, 7) is 0.457. The lowest BCUT2D eigenvalue weighted by Gasteiger charge is -2.11. The summed E-state index contributed by atoms with van der Waals surface area (Å²) < 4.78 is 4.65. The van der Waals surface area contributed by atoms with Gasteiger partial charge in [-0.2, -0.15) is 0 Å². The number of nitrogens with one attached hydrogen (secondary N) is 1. The van der Waals surface area contributed by atoms with Gasteiger partial charge in [0.15, 0.2) is 0 Å². The summed E-state index contributed by atoms with van der Waals surface area (Å²) >= 11 is 0. The maximum atomic E-state index is 11.3. The zero-order valence-electron chi connectivity index (χ0n) is 11.2. The number of ether oxygens (including phenoxy) is 1. The molecule has 5 heteroatoms. The highest BCUT2D eigenvalue weighted by Crippen LogP contribution is 2.24. The van der Waals surface area contributed by atoms with Crippen LogP contribution in [0.2, 0.25) is 0 Å². The second kappa shape index (κ2) is 6.08.